The maximum Gasteiger partial charge on any atom is 0.243 e. The number of nitrogens with two attached hydrogens (primary N) is 1. The van der Waals surface area contributed by atoms with E-state index in [1.807, 2.05) is 26.0 Å². The van der Waals surface area contributed by atoms with Gasteiger partial charge < -0.3 is 16.4 Å². The number of carbonyl (C=O) groups excluding carboxylic acids is 2. The van der Waals surface area contributed by atoms with Crippen LogP contribution in [-0.4, -0.2) is 39.2 Å². The number of halogens is 1. The number of nitrogens with zero attached hydrogens (tertiary/aromatic N) is 3. The number of hydrogen-bond donors (Lipinski definition) is 3. The van der Waals surface area contributed by atoms with Gasteiger partial charge in [-0.25, -0.2) is 9.67 Å². The number of hydrogen-bond acceptors (Lipinski definition) is 5. The van der Waals surface area contributed by atoms with Crippen LogP contribution in [0.5, 0.6) is 0 Å². The van der Waals surface area contributed by atoms with Gasteiger partial charge in [-0.1, -0.05) is 20.3 Å². The molecule has 0 saturated carbocycles. The van der Waals surface area contributed by atoms with Crippen LogP contribution in [0.3, 0.4) is 0 Å². The van der Waals surface area contributed by atoms with Gasteiger partial charge in [0, 0.05) is 5.69 Å². The fourth-order valence-corrected chi connectivity index (χ4v) is 2.04. The highest BCUT2D eigenvalue weighted by Crippen LogP contribution is 2.12. The summed E-state index contributed by atoms with van der Waals surface area (Å²) in [6, 6.07) is 6.51. The normalized spacial score (nSPS) is 12.6. The standard InChI is InChI=1S/C16H22N6O2.ClH/c1-3-11(2)15(17)16(24)19-8-14(23)21-12-4-6-13(7-5-12)22-10-18-9-20-22;/h4-7,9-11,15H,3,8,17H2,1-2H3,(H,19,24)(H,21,23);1H. The summed E-state index contributed by atoms with van der Waals surface area (Å²) in [6.07, 6.45) is 3.84. The zero-order valence-corrected chi connectivity index (χ0v) is 15.0. The van der Waals surface area contributed by atoms with E-state index in [1.165, 1.54) is 6.33 Å². The Balaban J connectivity index is 0.00000312. The molecule has 1 aromatic carbocycles. The van der Waals surface area contributed by atoms with E-state index in [2.05, 4.69) is 20.7 Å². The molecule has 2 rings (SSSR count). The van der Waals surface area contributed by atoms with Crippen molar-refractivity contribution in [1.82, 2.24) is 20.1 Å². The van der Waals surface area contributed by atoms with Gasteiger partial charge in [-0.15, -0.1) is 12.4 Å². The summed E-state index contributed by atoms with van der Waals surface area (Å²) in [5.41, 5.74) is 7.28. The van der Waals surface area contributed by atoms with Crippen LogP contribution >= 0.6 is 12.4 Å². The van der Waals surface area contributed by atoms with E-state index in [9.17, 15) is 9.59 Å². The maximum atomic E-state index is 11.9. The van der Waals surface area contributed by atoms with Gasteiger partial charge >= 0.3 is 0 Å². The first-order chi connectivity index (χ1) is 11.5. The van der Waals surface area contributed by atoms with Gasteiger partial charge in [0.15, 0.2) is 0 Å². The van der Waals surface area contributed by atoms with E-state index in [0.717, 1.165) is 12.1 Å². The Hall–Kier alpha value is -2.45. The molecule has 0 saturated heterocycles. The van der Waals surface area contributed by atoms with Crippen LogP contribution in [0.1, 0.15) is 20.3 Å². The molecule has 2 amide bonds. The van der Waals surface area contributed by atoms with Crippen LogP contribution in [-0.2, 0) is 9.59 Å². The highest BCUT2D eigenvalue weighted by Gasteiger charge is 2.19. The third kappa shape index (κ3) is 5.84. The molecule has 2 atom stereocenters. The van der Waals surface area contributed by atoms with E-state index in [-0.39, 0.29) is 36.7 Å². The first-order valence-corrected chi connectivity index (χ1v) is 7.79. The zero-order chi connectivity index (χ0) is 17.5. The summed E-state index contributed by atoms with van der Waals surface area (Å²) in [5.74, 6) is -0.563. The molecule has 0 aliphatic carbocycles. The van der Waals surface area contributed by atoms with Gasteiger partial charge in [-0.2, -0.15) is 5.10 Å². The smallest absolute Gasteiger partial charge is 0.243 e. The van der Waals surface area contributed by atoms with E-state index < -0.39 is 6.04 Å². The van der Waals surface area contributed by atoms with E-state index in [4.69, 9.17) is 5.73 Å². The van der Waals surface area contributed by atoms with Crippen molar-refractivity contribution in [1.29, 1.82) is 0 Å². The minimum absolute atomic E-state index is 0. The van der Waals surface area contributed by atoms with Crippen LogP contribution in [0.15, 0.2) is 36.9 Å². The highest BCUT2D eigenvalue weighted by molar-refractivity contribution is 5.95. The summed E-state index contributed by atoms with van der Waals surface area (Å²) in [6.45, 7) is 3.75. The van der Waals surface area contributed by atoms with Crippen molar-refractivity contribution in [2.24, 2.45) is 11.7 Å². The Kier molecular flexibility index (Phi) is 8.03. The van der Waals surface area contributed by atoms with Crippen molar-refractivity contribution in [3.8, 4) is 5.69 Å². The van der Waals surface area contributed by atoms with Gasteiger partial charge in [-0.3, -0.25) is 9.59 Å². The van der Waals surface area contributed by atoms with Crippen molar-refractivity contribution < 1.29 is 9.59 Å². The Morgan fingerprint density at radius 1 is 1.28 bits per heavy atom. The van der Waals surface area contributed by atoms with Crippen LogP contribution < -0.4 is 16.4 Å². The fourth-order valence-electron chi connectivity index (χ4n) is 2.04. The first kappa shape index (κ1) is 20.6. The molecule has 0 spiro atoms. The van der Waals surface area contributed by atoms with Crippen molar-refractivity contribution in [2.75, 3.05) is 11.9 Å². The third-order valence-corrected chi connectivity index (χ3v) is 3.82. The number of aromatic nitrogens is 3. The van der Waals surface area contributed by atoms with Crippen molar-refractivity contribution >= 4 is 29.9 Å². The monoisotopic (exact) mass is 366 g/mol. The maximum absolute atomic E-state index is 11.9. The molecule has 0 aliphatic heterocycles. The van der Waals surface area contributed by atoms with Crippen molar-refractivity contribution in [2.45, 2.75) is 26.3 Å². The molecular weight excluding hydrogens is 344 g/mol. The molecule has 2 unspecified atom stereocenters. The van der Waals surface area contributed by atoms with Crippen LogP contribution in [0.25, 0.3) is 5.69 Å². The summed E-state index contributed by atoms with van der Waals surface area (Å²) in [7, 11) is 0. The lowest BCUT2D eigenvalue weighted by molar-refractivity contribution is -0.125. The molecule has 136 valence electrons. The number of anilines is 1. The second kappa shape index (κ2) is 9.75. The summed E-state index contributed by atoms with van der Waals surface area (Å²) in [5, 5.41) is 9.29. The summed E-state index contributed by atoms with van der Waals surface area (Å²) < 4.78 is 1.61. The molecule has 4 N–H and O–H groups in total. The topological polar surface area (TPSA) is 115 Å². The number of rotatable bonds is 7. The van der Waals surface area contributed by atoms with Crippen molar-refractivity contribution in [3.63, 3.8) is 0 Å². The molecule has 1 heterocycles. The molecule has 2 aromatic rings. The van der Waals surface area contributed by atoms with Crippen molar-refractivity contribution in [3.05, 3.63) is 36.9 Å². The van der Waals surface area contributed by atoms with Crippen LogP contribution in [0.4, 0.5) is 5.69 Å². The lowest BCUT2D eigenvalue weighted by atomic mass is 9.99. The van der Waals surface area contributed by atoms with E-state index in [0.29, 0.717) is 5.69 Å². The van der Waals surface area contributed by atoms with E-state index in [1.54, 1.807) is 23.1 Å². The van der Waals surface area contributed by atoms with Crippen LogP contribution in [0.2, 0.25) is 0 Å². The molecule has 0 fully saturated rings. The highest BCUT2D eigenvalue weighted by atomic mass is 35.5. The predicted octanol–water partition coefficient (Wildman–Crippen LogP) is 1.12. The number of amides is 2. The fraction of sp³-hybridized carbons (Fsp3) is 0.375. The molecule has 9 heteroatoms. The van der Waals surface area contributed by atoms with Gasteiger partial charge in [-0.05, 0) is 30.2 Å². The Morgan fingerprint density at radius 2 is 1.96 bits per heavy atom. The Bertz CT molecular complexity index is 674. The molecule has 0 bridgehead atoms. The van der Waals surface area contributed by atoms with Gasteiger partial charge in [0.05, 0.1) is 18.3 Å². The largest absolute Gasteiger partial charge is 0.346 e. The molecule has 25 heavy (non-hydrogen) atoms. The Labute approximate surface area is 152 Å². The molecule has 0 radical (unpaired) electrons. The quantitative estimate of drug-likeness (QED) is 0.679. The average molecular weight is 367 g/mol. The molecular formula is C16H23ClN6O2. The lowest BCUT2D eigenvalue weighted by Crippen LogP contribution is -2.46. The van der Waals surface area contributed by atoms with Gasteiger partial charge in [0.1, 0.15) is 12.7 Å². The molecule has 0 aliphatic rings. The first-order valence-electron chi connectivity index (χ1n) is 7.79. The summed E-state index contributed by atoms with van der Waals surface area (Å²) >= 11 is 0. The van der Waals surface area contributed by atoms with Crippen LogP contribution in [0, 0.1) is 5.92 Å². The molecule has 1 aromatic heterocycles. The second-order valence-electron chi connectivity index (χ2n) is 5.56. The number of nitrogens with one attached hydrogen (secondary N) is 2. The third-order valence-electron chi connectivity index (χ3n) is 3.82. The number of carbonyl (C=O) groups is 2. The predicted molar refractivity (Wildman–Crippen MR) is 97.7 cm³/mol. The van der Waals surface area contributed by atoms with Gasteiger partial charge in [0.2, 0.25) is 11.8 Å². The SMILES string of the molecule is CCC(C)C(N)C(=O)NCC(=O)Nc1ccc(-n2cncn2)cc1.Cl. The Morgan fingerprint density at radius 3 is 2.52 bits per heavy atom. The van der Waals surface area contributed by atoms with Gasteiger partial charge in [0.25, 0.3) is 0 Å². The number of benzene rings is 1. The second-order valence-corrected chi connectivity index (χ2v) is 5.56. The van der Waals surface area contributed by atoms with E-state index >= 15 is 0 Å². The lowest BCUT2D eigenvalue weighted by Gasteiger charge is -2.17. The summed E-state index contributed by atoms with van der Waals surface area (Å²) in [4.78, 5) is 27.6. The minimum Gasteiger partial charge on any atom is -0.346 e. The minimum atomic E-state index is -0.607. The molecule has 8 nitrogen and oxygen atoms in total. The average Bonchev–Trinajstić information content (AvgIpc) is 3.13. The zero-order valence-electron chi connectivity index (χ0n) is 14.2.